The second-order valence-corrected chi connectivity index (χ2v) is 4.81. The van der Waals surface area contributed by atoms with Gasteiger partial charge in [-0.2, -0.15) is 0 Å². The largest absolute Gasteiger partial charge is 0.378 e. The van der Waals surface area contributed by atoms with Crippen LogP contribution in [0.2, 0.25) is 0 Å². The van der Waals surface area contributed by atoms with Crippen LogP contribution in [0.25, 0.3) is 11.2 Å². The minimum atomic E-state index is -0.387. The van der Waals surface area contributed by atoms with Gasteiger partial charge in [-0.3, -0.25) is 13.9 Å². The van der Waals surface area contributed by atoms with Crippen LogP contribution in [0.5, 0.6) is 0 Å². The summed E-state index contributed by atoms with van der Waals surface area (Å²) in [5, 5.41) is 3.20. The average molecular weight is 285 g/mol. The Kier molecular flexibility index (Phi) is 3.09. The molecule has 0 fully saturated rings. The van der Waals surface area contributed by atoms with Gasteiger partial charge in [-0.25, -0.2) is 9.78 Å². The van der Waals surface area contributed by atoms with Crippen LogP contribution >= 0.6 is 0 Å². The van der Waals surface area contributed by atoms with Gasteiger partial charge in [0.1, 0.15) is 11.3 Å². The van der Waals surface area contributed by atoms with Crippen molar-refractivity contribution >= 4 is 16.9 Å². The van der Waals surface area contributed by atoms with Crippen molar-refractivity contribution in [1.82, 2.24) is 19.1 Å². The highest BCUT2D eigenvalue weighted by atomic mass is 16.2. The molecule has 21 heavy (non-hydrogen) atoms. The quantitative estimate of drug-likeness (QED) is 0.737. The number of aromatic amines is 1. The van der Waals surface area contributed by atoms with Gasteiger partial charge in [0, 0.05) is 19.8 Å². The Labute approximate surface area is 119 Å². The van der Waals surface area contributed by atoms with E-state index in [4.69, 9.17) is 0 Å². The third-order valence-corrected chi connectivity index (χ3v) is 3.38. The molecule has 0 radical (unpaired) electrons. The highest BCUT2D eigenvalue weighted by Gasteiger charge is 2.12. The molecule has 3 aromatic rings. The Balaban J connectivity index is 1.99. The zero-order chi connectivity index (χ0) is 15.0. The minimum Gasteiger partial charge on any atom is -0.378 e. The van der Waals surface area contributed by atoms with Crippen molar-refractivity contribution in [3.63, 3.8) is 0 Å². The maximum Gasteiger partial charge on any atom is 0.332 e. The third kappa shape index (κ3) is 2.22. The number of hydrogen-bond acceptors (Lipinski definition) is 4. The topological polar surface area (TPSA) is 84.7 Å². The summed E-state index contributed by atoms with van der Waals surface area (Å²) in [4.78, 5) is 31.2. The zero-order valence-electron chi connectivity index (χ0n) is 11.8. The van der Waals surface area contributed by atoms with Gasteiger partial charge in [0.2, 0.25) is 0 Å². The fraction of sp³-hybridized carbons (Fsp3) is 0.214. The lowest BCUT2D eigenvalue weighted by Gasteiger charge is -2.02. The molecule has 0 unspecified atom stereocenters. The summed E-state index contributed by atoms with van der Waals surface area (Å²) in [6.07, 6.45) is 0. The predicted molar refractivity (Wildman–Crippen MR) is 80.3 cm³/mol. The van der Waals surface area contributed by atoms with Gasteiger partial charge < -0.3 is 10.3 Å². The molecule has 0 amide bonds. The number of para-hydroxylation sites is 1. The van der Waals surface area contributed by atoms with Crippen LogP contribution in [0.4, 0.5) is 5.69 Å². The van der Waals surface area contributed by atoms with Gasteiger partial charge in [0.05, 0.1) is 6.54 Å². The molecule has 0 aliphatic heterocycles. The maximum atomic E-state index is 12.0. The van der Waals surface area contributed by atoms with Crippen LogP contribution in [0.3, 0.4) is 0 Å². The van der Waals surface area contributed by atoms with E-state index in [9.17, 15) is 9.59 Å². The Bertz CT molecular complexity index is 905. The highest BCUT2D eigenvalue weighted by molar-refractivity contribution is 5.69. The van der Waals surface area contributed by atoms with Crippen molar-refractivity contribution < 1.29 is 0 Å². The number of aromatic nitrogens is 4. The highest BCUT2D eigenvalue weighted by Crippen LogP contribution is 2.09. The standard InChI is InChI=1S/C14H15N5O2/c1-18-12-11(13(20)19(2)14(18)21)16-10(17-12)8-15-9-6-4-3-5-7-9/h3-7,15H,8H2,1-2H3,(H,16,17). The maximum absolute atomic E-state index is 12.0. The molecular formula is C14H15N5O2. The van der Waals surface area contributed by atoms with Gasteiger partial charge >= 0.3 is 5.69 Å². The van der Waals surface area contributed by atoms with Crippen LogP contribution in [0.15, 0.2) is 39.9 Å². The van der Waals surface area contributed by atoms with Crippen LogP contribution in [0.1, 0.15) is 5.82 Å². The van der Waals surface area contributed by atoms with E-state index in [1.54, 1.807) is 7.05 Å². The van der Waals surface area contributed by atoms with Crippen LogP contribution in [0, 0.1) is 0 Å². The summed E-state index contributed by atoms with van der Waals surface area (Å²) >= 11 is 0. The van der Waals surface area contributed by atoms with Crippen molar-refractivity contribution in [3.05, 3.63) is 57.0 Å². The van der Waals surface area contributed by atoms with Crippen molar-refractivity contribution in [2.45, 2.75) is 6.54 Å². The van der Waals surface area contributed by atoms with Crippen LogP contribution < -0.4 is 16.6 Å². The summed E-state index contributed by atoms with van der Waals surface area (Å²) in [6, 6.07) is 9.68. The average Bonchev–Trinajstić information content (AvgIpc) is 2.94. The molecule has 0 saturated carbocycles. The molecule has 0 saturated heterocycles. The lowest BCUT2D eigenvalue weighted by Crippen LogP contribution is -2.36. The molecule has 108 valence electrons. The molecule has 0 atom stereocenters. The SMILES string of the molecule is Cn1c(=O)c2[nH]c(CNc3ccccc3)nc2n(C)c1=O. The number of anilines is 1. The lowest BCUT2D eigenvalue weighted by atomic mass is 10.3. The molecule has 7 heteroatoms. The van der Waals surface area contributed by atoms with E-state index in [0.717, 1.165) is 10.3 Å². The number of aryl methyl sites for hydroxylation is 1. The minimum absolute atomic E-state index is 0.337. The first-order valence-electron chi connectivity index (χ1n) is 6.51. The first-order valence-corrected chi connectivity index (χ1v) is 6.51. The van der Waals surface area contributed by atoms with Crippen molar-refractivity contribution in [2.75, 3.05) is 5.32 Å². The number of rotatable bonds is 3. The molecule has 0 aliphatic carbocycles. The molecule has 2 heterocycles. The molecule has 2 N–H and O–H groups in total. The summed E-state index contributed by atoms with van der Waals surface area (Å²) in [7, 11) is 3.05. The molecule has 0 bridgehead atoms. The van der Waals surface area contributed by atoms with E-state index in [2.05, 4.69) is 15.3 Å². The summed E-state index contributed by atoms with van der Waals surface area (Å²) < 4.78 is 2.42. The molecule has 1 aromatic carbocycles. The summed E-state index contributed by atoms with van der Waals surface area (Å²) in [6.45, 7) is 0.441. The van der Waals surface area contributed by atoms with E-state index in [1.165, 1.54) is 11.6 Å². The van der Waals surface area contributed by atoms with Gasteiger partial charge in [-0.15, -0.1) is 0 Å². The first-order chi connectivity index (χ1) is 10.1. The van der Waals surface area contributed by atoms with Crippen LogP contribution in [-0.2, 0) is 20.6 Å². The molecular weight excluding hydrogens is 270 g/mol. The Morgan fingerprint density at radius 1 is 1.14 bits per heavy atom. The number of H-pyrrole nitrogens is 1. The van der Waals surface area contributed by atoms with E-state index in [-0.39, 0.29) is 11.2 Å². The molecule has 0 aliphatic rings. The zero-order valence-corrected chi connectivity index (χ0v) is 11.8. The van der Waals surface area contributed by atoms with Crippen LogP contribution in [-0.4, -0.2) is 19.1 Å². The molecule has 2 aromatic heterocycles. The molecule has 3 rings (SSSR count). The van der Waals surface area contributed by atoms with Crippen molar-refractivity contribution in [2.24, 2.45) is 14.1 Å². The number of nitrogens with one attached hydrogen (secondary N) is 2. The van der Waals surface area contributed by atoms with Gasteiger partial charge in [0.25, 0.3) is 5.56 Å². The fourth-order valence-corrected chi connectivity index (χ4v) is 2.20. The van der Waals surface area contributed by atoms with Gasteiger partial charge in [0.15, 0.2) is 5.65 Å². The molecule has 7 nitrogen and oxygen atoms in total. The normalized spacial score (nSPS) is 11.0. The Hall–Kier alpha value is -2.83. The Morgan fingerprint density at radius 3 is 2.57 bits per heavy atom. The van der Waals surface area contributed by atoms with Crippen molar-refractivity contribution in [1.29, 1.82) is 0 Å². The van der Waals surface area contributed by atoms with Gasteiger partial charge in [-0.05, 0) is 12.1 Å². The Morgan fingerprint density at radius 2 is 1.86 bits per heavy atom. The number of nitrogens with zero attached hydrogens (tertiary/aromatic N) is 3. The summed E-state index contributed by atoms with van der Waals surface area (Å²) in [5.41, 5.74) is 0.908. The number of imidazole rings is 1. The van der Waals surface area contributed by atoms with Gasteiger partial charge in [-0.1, -0.05) is 18.2 Å². The van der Waals surface area contributed by atoms with Crippen molar-refractivity contribution in [3.8, 4) is 0 Å². The van der Waals surface area contributed by atoms with E-state index < -0.39 is 0 Å². The third-order valence-electron chi connectivity index (χ3n) is 3.38. The number of benzene rings is 1. The second kappa shape index (κ2) is 4.93. The lowest BCUT2D eigenvalue weighted by molar-refractivity contribution is 0.708. The molecule has 0 spiro atoms. The second-order valence-electron chi connectivity index (χ2n) is 4.81. The summed E-state index contributed by atoms with van der Waals surface area (Å²) in [5.74, 6) is 0.604. The number of fused-ring (bicyclic) bond motifs is 1. The van der Waals surface area contributed by atoms with E-state index in [1.807, 2.05) is 30.3 Å². The number of hydrogen-bond donors (Lipinski definition) is 2. The van der Waals surface area contributed by atoms with E-state index in [0.29, 0.717) is 23.5 Å². The predicted octanol–water partition coefficient (Wildman–Crippen LogP) is 0.572. The first kappa shape index (κ1) is 13.2. The smallest absolute Gasteiger partial charge is 0.332 e. The van der Waals surface area contributed by atoms with E-state index >= 15 is 0 Å². The fourth-order valence-electron chi connectivity index (χ4n) is 2.20. The monoisotopic (exact) mass is 285 g/mol.